The van der Waals surface area contributed by atoms with E-state index < -0.39 is 0 Å². The maximum absolute atomic E-state index is 12.9. The Balaban J connectivity index is 1.06. The van der Waals surface area contributed by atoms with Crippen molar-refractivity contribution in [1.29, 1.82) is 0 Å². The second-order valence-corrected chi connectivity index (χ2v) is 12.1. The van der Waals surface area contributed by atoms with E-state index in [2.05, 4.69) is 40.3 Å². The fourth-order valence-corrected chi connectivity index (χ4v) is 6.59. The summed E-state index contributed by atoms with van der Waals surface area (Å²) in [5.41, 5.74) is 1.94. The Bertz CT molecular complexity index is 1220. The number of amides is 1. The molecule has 200 valence electrons. The number of rotatable bonds is 6. The zero-order valence-electron chi connectivity index (χ0n) is 21.1. The van der Waals surface area contributed by atoms with Gasteiger partial charge in [-0.05, 0) is 37.8 Å². The molecule has 1 amide bonds. The third kappa shape index (κ3) is 5.84. The van der Waals surface area contributed by atoms with Crippen molar-refractivity contribution in [2.24, 2.45) is 0 Å². The molecule has 3 fully saturated rings. The summed E-state index contributed by atoms with van der Waals surface area (Å²) in [6, 6.07) is 8.04. The van der Waals surface area contributed by atoms with Crippen LogP contribution < -0.4 is 19.4 Å². The summed E-state index contributed by atoms with van der Waals surface area (Å²) < 4.78 is 4.16. The lowest BCUT2D eigenvalue weighted by atomic mass is 10.2. The van der Waals surface area contributed by atoms with E-state index in [9.17, 15) is 4.79 Å². The summed E-state index contributed by atoms with van der Waals surface area (Å²) in [4.78, 5) is 40.7. The van der Waals surface area contributed by atoms with Crippen LogP contribution in [0.2, 0.25) is 0 Å². The molecule has 3 aliphatic rings. The number of nitrogens with zero attached hydrogens (tertiary/aromatic N) is 8. The van der Waals surface area contributed by atoms with Gasteiger partial charge in [0.15, 0.2) is 5.13 Å². The minimum atomic E-state index is -0.00352. The lowest BCUT2D eigenvalue weighted by Crippen LogP contribution is -2.48. The molecule has 0 bridgehead atoms. The van der Waals surface area contributed by atoms with E-state index >= 15 is 0 Å². The molecule has 0 radical (unpaired) electrons. The number of carbonyl (C=O) groups is 1. The average molecular weight is 617 g/mol. The third-order valence-electron chi connectivity index (χ3n) is 7.07. The van der Waals surface area contributed by atoms with E-state index in [4.69, 9.17) is 15.0 Å². The number of hydrogen-bond donors (Lipinski definition) is 1. The van der Waals surface area contributed by atoms with E-state index in [0.29, 0.717) is 31.3 Å². The molecule has 2 aromatic heterocycles. The maximum Gasteiger partial charge on any atom is 0.302 e. The largest absolute Gasteiger partial charge is 0.341 e. The van der Waals surface area contributed by atoms with Gasteiger partial charge in [0.1, 0.15) is 0 Å². The Morgan fingerprint density at radius 3 is 1.84 bits per heavy atom. The quantitative estimate of drug-likeness (QED) is 0.383. The summed E-state index contributed by atoms with van der Waals surface area (Å²) >= 11 is 6.04. The van der Waals surface area contributed by atoms with Crippen molar-refractivity contribution < 1.29 is 4.79 Å². The molecule has 3 aromatic rings. The van der Waals surface area contributed by atoms with Gasteiger partial charge in [-0.25, -0.2) is 4.98 Å². The second kappa shape index (κ2) is 11.6. The Kier molecular flexibility index (Phi) is 7.84. The monoisotopic (exact) mass is 615 g/mol. The zero-order chi connectivity index (χ0) is 25.9. The van der Waals surface area contributed by atoms with Gasteiger partial charge in [-0.2, -0.15) is 15.0 Å². The van der Waals surface area contributed by atoms with Crippen molar-refractivity contribution in [3.63, 3.8) is 0 Å². The van der Waals surface area contributed by atoms with Gasteiger partial charge in [0, 0.05) is 79.7 Å². The third-order valence-corrected chi connectivity index (χ3v) is 9.21. The van der Waals surface area contributed by atoms with Crippen LogP contribution in [0.1, 0.15) is 25.7 Å². The number of piperazine rings is 1. The number of benzene rings is 1. The van der Waals surface area contributed by atoms with Gasteiger partial charge in [-0.1, -0.05) is 28.1 Å². The van der Waals surface area contributed by atoms with Crippen LogP contribution in [-0.4, -0.2) is 82.4 Å². The maximum atomic E-state index is 12.9. The van der Waals surface area contributed by atoms with Gasteiger partial charge in [-0.3, -0.25) is 9.52 Å². The molecule has 10 nitrogen and oxygen atoms in total. The van der Waals surface area contributed by atoms with Crippen LogP contribution in [-0.2, 0) is 0 Å². The smallest absolute Gasteiger partial charge is 0.302 e. The summed E-state index contributed by atoms with van der Waals surface area (Å²) in [6.07, 6.45) is 4.72. The van der Waals surface area contributed by atoms with Gasteiger partial charge < -0.3 is 19.6 Å². The predicted octanol–water partition coefficient (Wildman–Crippen LogP) is 4.96. The highest BCUT2D eigenvalue weighted by Gasteiger charge is 2.27. The van der Waals surface area contributed by atoms with Crippen molar-refractivity contribution in [1.82, 2.24) is 24.8 Å². The molecule has 6 rings (SSSR count). The van der Waals surface area contributed by atoms with Crippen molar-refractivity contribution in [2.75, 3.05) is 71.8 Å². The molecule has 0 atom stereocenters. The van der Waals surface area contributed by atoms with Gasteiger partial charge in [0.25, 0.3) is 0 Å². The molecule has 1 aromatic carbocycles. The van der Waals surface area contributed by atoms with E-state index in [1.807, 2.05) is 34.5 Å². The van der Waals surface area contributed by atoms with E-state index in [1.54, 1.807) is 0 Å². The zero-order valence-corrected chi connectivity index (χ0v) is 24.3. The standard InChI is InChI=1S/C25H30BrN9OS2/c26-19-7-5-18(6-8-19)20-17-37-24(27-20)31-38-25(36)35-15-13-34(14-16-35)23-29-21(32-9-1-2-10-32)28-22(30-23)33-11-3-4-12-33/h5-8,17H,1-4,9-16H2,(H,27,31). The first-order valence-electron chi connectivity index (χ1n) is 13.1. The lowest BCUT2D eigenvalue weighted by molar-refractivity contribution is 0.219. The van der Waals surface area contributed by atoms with E-state index in [0.717, 1.165) is 71.7 Å². The summed E-state index contributed by atoms with van der Waals surface area (Å²) in [7, 11) is 0. The minimum Gasteiger partial charge on any atom is -0.341 e. The molecule has 1 N–H and O–H groups in total. The van der Waals surface area contributed by atoms with Crippen molar-refractivity contribution in [3.8, 4) is 11.3 Å². The van der Waals surface area contributed by atoms with Crippen LogP contribution in [0.15, 0.2) is 34.1 Å². The normalized spacial score (nSPS) is 17.9. The molecule has 0 aliphatic carbocycles. The van der Waals surface area contributed by atoms with Crippen molar-refractivity contribution in [3.05, 3.63) is 34.1 Å². The fourth-order valence-electron chi connectivity index (χ4n) is 4.92. The summed E-state index contributed by atoms with van der Waals surface area (Å²) in [5.74, 6) is 2.31. The molecule has 38 heavy (non-hydrogen) atoms. The highest BCUT2D eigenvalue weighted by atomic mass is 79.9. The Morgan fingerprint density at radius 1 is 0.763 bits per heavy atom. The lowest BCUT2D eigenvalue weighted by Gasteiger charge is -2.35. The number of hydrogen-bond acceptors (Lipinski definition) is 11. The SMILES string of the molecule is O=C(SNc1nc(-c2ccc(Br)cc2)cs1)N1CCN(c2nc(N3CCCC3)nc(N3CCCC3)n2)CC1. The number of anilines is 4. The van der Waals surface area contributed by atoms with Gasteiger partial charge in [0.05, 0.1) is 5.69 Å². The van der Waals surface area contributed by atoms with Gasteiger partial charge >= 0.3 is 5.24 Å². The second-order valence-electron chi connectivity index (χ2n) is 9.61. The van der Waals surface area contributed by atoms with Crippen LogP contribution >= 0.6 is 39.2 Å². The topological polar surface area (TPSA) is 93.6 Å². The van der Waals surface area contributed by atoms with E-state index in [1.165, 1.54) is 37.0 Å². The fraction of sp³-hybridized carbons (Fsp3) is 0.480. The van der Waals surface area contributed by atoms with Crippen LogP contribution in [0.5, 0.6) is 0 Å². The minimum absolute atomic E-state index is 0.00352. The van der Waals surface area contributed by atoms with Crippen LogP contribution in [0.3, 0.4) is 0 Å². The Labute approximate surface area is 239 Å². The van der Waals surface area contributed by atoms with Crippen LogP contribution in [0, 0.1) is 0 Å². The van der Waals surface area contributed by atoms with Crippen molar-refractivity contribution in [2.45, 2.75) is 25.7 Å². The molecule has 3 aliphatic heterocycles. The Morgan fingerprint density at radius 2 is 1.29 bits per heavy atom. The van der Waals surface area contributed by atoms with E-state index in [-0.39, 0.29) is 5.24 Å². The molecular weight excluding hydrogens is 586 g/mol. The number of carbonyl (C=O) groups excluding carboxylic acids is 1. The highest BCUT2D eigenvalue weighted by Crippen LogP contribution is 2.29. The average Bonchev–Trinajstić information content (AvgIpc) is 3.75. The highest BCUT2D eigenvalue weighted by molar-refractivity contribution is 9.10. The summed E-state index contributed by atoms with van der Waals surface area (Å²) in [6.45, 7) is 6.63. The number of thiazole rings is 1. The molecule has 0 saturated carbocycles. The Hall–Kier alpha value is -2.64. The first-order valence-corrected chi connectivity index (χ1v) is 15.6. The van der Waals surface area contributed by atoms with Gasteiger partial charge in [-0.15, -0.1) is 11.3 Å². The number of halogens is 1. The first kappa shape index (κ1) is 25.6. The van der Waals surface area contributed by atoms with Gasteiger partial charge in [0.2, 0.25) is 17.8 Å². The van der Waals surface area contributed by atoms with Crippen LogP contribution in [0.25, 0.3) is 11.3 Å². The number of nitrogens with one attached hydrogen (secondary N) is 1. The first-order chi connectivity index (χ1) is 18.6. The van der Waals surface area contributed by atoms with Crippen LogP contribution in [0.4, 0.5) is 27.8 Å². The molecule has 5 heterocycles. The molecule has 3 saturated heterocycles. The summed E-state index contributed by atoms with van der Waals surface area (Å²) in [5, 5.41) is 2.71. The predicted molar refractivity (Wildman–Crippen MR) is 158 cm³/mol. The molecule has 0 spiro atoms. The van der Waals surface area contributed by atoms with Crippen molar-refractivity contribution >= 4 is 67.4 Å². The molecule has 0 unspecified atom stereocenters. The molecule has 13 heteroatoms. The number of aromatic nitrogens is 4. The molecular formula is C25H30BrN9OS2.